The van der Waals surface area contributed by atoms with Crippen molar-refractivity contribution in [2.24, 2.45) is 0 Å². The van der Waals surface area contributed by atoms with E-state index >= 15 is 0 Å². The molecule has 0 unspecified atom stereocenters. The fourth-order valence-corrected chi connectivity index (χ4v) is 1.15. The first-order valence-electron chi connectivity index (χ1n) is 4.68. The number of rotatable bonds is 4. The smallest absolute Gasteiger partial charge is 0.400 e. The normalized spacial score (nSPS) is 10.5. The van der Waals surface area contributed by atoms with E-state index < -0.39 is 40.2 Å². The van der Waals surface area contributed by atoms with Gasteiger partial charge in [0.05, 0.1) is 12.2 Å². The van der Waals surface area contributed by atoms with Crippen LogP contribution in [0.1, 0.15) is 29.4 Å². The van der Waals surface area contributed by atoms with Gasteiger partial charge in [-0.3, -0.25) is 0 Å². The summed E-state index contributed by atoms with van der Waals surface area (Å²) in [5.74, 6) is -4.11. The van der Waals surface area contributed by atoms with Crippen LogP contribution >= 0.6 is 0 Å². The molecule has 0 atom stereocenters. The Bertz CT molecular complexity index is 493. The standard InChI is InChI=1S/C9H7F3N2O4/c1-2-18-9(15)6-4(7(11)12)3-5(10)8(13-6)14(16)17/h3,7H,2H2,1H3. The molecule has 1 rings (SSSR count). The van der Waals surface area contributed by atoms with Crippen molar-refractivity contribution < 1.29 is 27.6 Å². The van der Waals surface area contributed by atoms with Gasteiger partial charge in [-0.25, -0.2) is 13.6 Å². The first kappa shape index (κ1) is 13.9. The Balaban J connectivity index is 3.40. The molecule has 1 aromatic rings. The van der Waals surface area contributed by atoms with Gasteiger partial charge >= 0.3 is 11.8 Å². The Morgan fingerprint density at radius 1 is 1.61 bits per heavy atom. The Morgan fingerprint density at radius 2 is 2.22 bits per heavy atom. The number of alkyl halides is 2. The number of carbonyl (C=O) groups excluding carboxylic acids is 1. The zero-order valence-corrected chi connectivity index (χ0v) is 9.02. The van der Waals surface area contributed by atoms with Gasteiger partial charge in [-0.05, 0) is 22.9 Å². The maximum Gasteiger partial charge on any atom is 0.400 e. The van der Waals surface area contributed by atoms with E-state index in [1.807, 2.05) is 0 Å². The van der Waals surface area contributed by atoms with Crippen LogP contribution in [0, 0.1) is 15.9 Å². The van der Waals surface area contributed by atoms with Gasteiger partial charge in [-0.2, -0.15) is 4.39 Å². The lowest BCUT2D eigenvalue weighted by Crippen LogP contribution is -2.13. The number of halogens is 3. The minimum absolute atomic E-state index is 0.131. The van der Waals surface area contributed by atoms with Crippen LogP contribution in [0.15, 0.2) is 6.07 Å². The molecular weight excluding hydrogens is 257 g/mol. The van der Waals surface area contributed by atoms with Crippen molar-refractivity contribution in [1.82, 2.24) is 4.98 Å². The minimum Gasteiger partial charge on any atom is -0.460 e. The molecule has 6 nitrogen and oxygen atoms in total. The number of esters is 1. The quantitative estimate of drug-likeness (QED) is 0.473. The number of ether oxygens (including phenoxy) is 1. The van der Waals surface area contributed by atoms with Crippen LogP contribution in [0.4, 0.5) is 19.0 Å². The summed E-state index contributed by atoms with van der Waals surface area (Å²) < 4.78 is 42.6. The molecule has 0 amide bonds. The zero-order valence-electron chi connectivity index (χ0n) is 9.02. The molecule has 9 heteroatoms. The van der Waals surface area contributed by atoms with E-state index in [4.69, 9.17) is 0 Å². The third-order valence-corrected chi connectivity index (χ3v) is 1.86. The molecule has 0 N–H and O–H groups in total. The molecule has 0 aliphatic rings. The monoisotopic (exact) mass is 264 g/mol. The molecule has 0 aliphatic carbocycles. The molecule has 1 heterocycles. The van der Waals surface area contributed by atoms with Crippen molar-refractivity contribution in [3.05, 3.63) is 33.3 Å². The third kappa shape index (κ3) is 2.73. The van der Waals surface area contributed by atoms with Gasteiger partial charge in [0.25, 0.3) is 12.1 Å². The fourth-order valence-electron chi connectivity index (χ4n) is 1.15. The average Bonchev–Trinajstić information content (AvgIpc) is 2.28. The molecule has 0 saturated heterocycles. The van der Waals surface area contributed by atoms with Crippen LogP contribution in [0.2, 0.25) is 0 Å². The van der Waals surface area contributed by atoms with Gasteiger partial charge in [0, 0.05) is 0 Å². The zero-order chi connectivity index (χ0) is 13.9. The summed E-state index contributed by atoms with van der Waals surface area (Å²) in [5.41, 5.74) is -2.00. The predicted molar refractivity (Wildman–Crippen MR) is 51.8 cm³/mol. The Kier molecular flexibility index (Phi) is 4.18. The van der Waals surface area contributed by atoms with Gasteiger partial charge in [0.15, 0.2) is 0 Å². The second kappa shape index (κ2) is 5.43. The predicted octanol–water partition coefficient (Wildman–Crippen LogP) is 2.24. The van der Waals surface area contributed by atoms with E-state index in [0.29, 0.717) is 0 Å². The highest BCUT2D eigenvalue weighted by molar-refractivity contribution is 5.89. The lowest BCUT2D eigenvalue weighted by molar-refractivity contribution is -0.392. The molecule has 0 aliphatic heterocycles. The highest BCUT2D eigenvalue weighted by Crippen LogP contribution is 2.26. The van der Waals surface area contributed by atoms with Crippen molar-refractivity contribution >= 4 is 11.8 Å². The summed E-state index contributed by atoms with van der Waals surface area (Å²) in [6.45, 7) is 1.28. The maximum atomic E-state index is 13.1. The number of nitro groups is 1. The SMILES string of the molecule is CCOC(=O)c1nc([N+](=O)[O-])c(F)cc1C(F)F. The third-order valence-electron chi connectivity index (χ3n) is 1.86. The number of hydrogen-bond acceptors (Lipinski definition) is 5. The summed E-state index contributed by atoms with van der Waals surface area (Å²) in [6.07, 6.45) is -3.20. The number of carbonyl (C=O) groups is 1. The summed E-state index contributed by atoms with van der Waals surface area (Å²) in [7, 11) is 0. The lowest BCUT2D eigenvalue weighted by atomic mass is 10.2. The molecule has 0 bridgehead atoms. The van der Waals surface area contributed by atoms with Crippen molar-refractivity contribution in [2.45, 2.75) is 13.3 Å². The summed E-state index contributed by atoms with van der Waals surface area (Å²) in [4.78, 5) is 23.5. The molecule has 18 heavy (non-hydrogen) atoms. The molecule has 1 aromatic heterocycles. The van der Waals surface area contributed by atoms with Gasteiger partial charge in [0.2, 0.25) is 5.82 Å². The van der Waals surface area contributed by atoms with E-state index in [9.17, 15) is 28.1 Å². The number of pyridine rings is 1. The minimum atomic E-state index is -3.20. The van der Waals surface area contributed by atoms with Crippen LogP contribution < -0.4 is 0 Å². The van der Waals surface area contributed by atoms with Crippen LogP contribution in [0.3, 0.4) is 0 Å². The Morgan fingerprint density at radius 3 is 2.67 bits per heavy atom. The molecular formula is C9H7F3N2O4. The van der Waals surface area contributed by atoms with Crippen molar-refractivity contribution in [1.29, 1.82) is 0 Å². The number of hydrogen-bond donors (Lipinski definition) is 0. The van der Waals surface area contributed by atoms with E-state index in [2.05, 4.69) is 9.72 Å². The largest absolute Gasteiger partial charge is 0.460 e. The van der Waals surface area contributed by atoms with E-state index in [1.165, 1.54) is 6.92 Å². The first-order valence-corrected chi connectivity index (χ1v) is 4.68. The second-order valence-corrected chi connectivity index (χ2v) is 3.01. The number of nitrogens with zero attached hydrogens (tertiary/aromatic N) is 2. The average molecular weight is 264 g/mol. The second-order valence-electron chi connectivity index (χ2n) is 3.01. The topological polar surface area (TPSA) is 82.3 Å². The van der Waals surface area contributed by atoms with Gasteiger partial charge in [-0.1, -0.05) is 0 Å². The molecule has 0 fully saturated rings. The van der Waals surface area contributed by atoms with Crippen molar-refractivity contribution in [2.75, 3.05) is 6.61 Å². The Hall–Kier alpha value is -2.19. The van der Waals surface area contributed by atoms with E-state index in [-0.39, 0.29) is 12.7 Å². The van der Waals surface area contributed by atoms with Gasteiger partial charge in [-0.15, -0.1) is 0 Å². The molecule has 98 valence electrons. The maximum absolute atomic E-state index is 13.1. The molecule has 0 spiro atoms. The van der Waals surface area contributed by atoms with Crippen LogP contribution in [0.25, 0.3) is 0 Å². The van der Waals surface area contributed by atoms with Crippen molar-refractivity contribution in [3.8, 4) is 0 Å². The molecule has 0 saturated carbocycles. The van der Waals surface area contributed by atoms with Gasteiger partial charge < -0.3 is 14.9 Å². The summed E-state index contributed by atoms with van der Waals surface area (Å²) >= 11 is 0. The summed E-state index contributed by atoms with van der Waals surface area (Å²) in [5, 5.41) is 10.4. The van der Waals surface area contributed by atoms with Crippen LogP contribution in [0.5, 0.6) is 0 Å². The fraction of sp³-hybridized carbons (Fsp3) is 0.333. The summed E-state index contributed by atoms with van der Waals surface area (Å²) in [6, 6.07) is 0.210. The highest BCUT2D eigenvalue weighted by atomic mass is 19.3. The Labute approximate surface area is 98.5 Å². The van der Waals surface area contributed by atoms with E-state index in [1.54, 1.807) is 0 Å². The lowest BCUT2D eigenvalue weighted by Gasteiger charge is -2.04. The van der Waals surface area contributed by atoms with Crippen LogP contribution in [-0.4, -0.2) is 22.5 Å². The van der Waals surface area contributed by atoms with E-state index in [0.717, 1.165) is 0 Å². The number of aromatic nitrogens is 1. The first-order chi connectivity index (χ1) is 8.38. The van der Waals surface area contributed by atoms with Crippen LogP contribution in [-0.2, 0) is 4.74 Å². The molecule has 0 aromatic carbocycles. The highest BCUT2D eigenvalue weighted by Gasteiger charge is 2.31. The molecule has 0 radical (unpaired) electrons. The van der Waals surface area contributed by atoms with Gasteiger partial charge in [0.1, 0.15) is 0 Å². The van der Waals surface area contributed by atoms with Crippen molar-refractivity contribution in [3.63, 3.8) is 0 Å².